The summed E-state index contributed by atoms with van der Waals surface area (Å²) in [6, 6.07) is 0.131. The molecule has 0 aromatic heterocycles. The predicted octanol–water partition coefficient (Wildman–Crippen LogP) is 0.198. The van der Waals surface area contributed by atoms with Gasteiger partial charge in [-0.15, -0.1) is 0 Å². The minimum Gasteiger partial charge on any atom is -0.481 e. The zero-order valence-corrected chi connectivity index (χ0v) is 5.21. The molecule has 9 heavy (non-hydrogen) atoms. The highest BCUT2D eigenvalue weighted by atomic mass is 16.4. The lowest BCUT2D eigenvalue weighted by atomic mass is 10.1. The molecule has 0 spiro atoms. The second kappa shape index (κ2) is 2.35. The largest absolute Gasteiger partial charge is 0.481 e. The Morgan fingerprint density at radius 3 is 2.44 bits per heavy atom. The Labute approximate surface area is 53.9 Å². The maximum Gasteiger partial charge on any atom is 0.306 e. The maximum absolute atomic E-state index is 10.3. The molecule has 0 saturated heterocycles. The minimum absolute atomic E-state index is 0.131. The first kappa shape index (κ1) is 6.55. The highest BCUT2D eigenvalue weighted by molar-refractivity contribution is 5.70. The highest BCUT2D eigenvalue weighted by Gasteiger charge is 2.26. The van der Waals surface area contributed by atoms with Gasteiger partial charge in [0, 0.05) is 6.04 Å². The van der Waals surface area contributed by atoms with E-state index in [1.807, 2.05) is 0 Å². The average Bonchev–Trinajstić information content (AvgIpc) is 2.14. The highest BCUT2D eigenvalue weighted by Crippen LogP contribution is 2.23. The van der Waals surface area contributed by atoms with Crippen molar-refractivity contribution in [2.45, 2.75) is 25.3 Å². The van der Waals surface area contributed by atoms with Crippen molar-refractivity contribution in [2.24, 2.45) is 11.7 Å². The third-order valence-electron chi connectivity index (χ3n) is 1.82. The van der Waals surface area contributed by atoms with Gasteiger partial charge in [-0.2, -0.15) is 0 Å². The van der Waals surface area contributed by atoms with E-state index in [9.17, 15) is 4.79 Å². The molecule has 0 heterocycles. The van der Waals surface area contributed by atoms with E-state index in [0.29, 0.717) is 6.42 Å². The summed E-state index contributed by atoms with van der Waals surface area (Å²) in [5.41, 5.74) is 5.50. The Hall–Kier alpha value is -0.570. The molecule has 1 aliphatic rings. The van der Waals surface area contributed by atoms with Crippen LogP contribution in [0.3, 0.4) is 0 Å². The van der Waals surface area contributed by atoms with E-state index in [2.05, 4.69) is 0 Å². The number of aliphatic carboxylic acids is 1. The second-order valence-electron chi connectivity index (χ2n) is 2.61. The van der Waals surface area contributed by atoms with E-state index < -0.39 is 5.97 Å². The molecule has 2 atom stereocenters. The Balaban J connectivity index is 2.39. The minimum atomic E-state index is -0.692. The summed E-state index contributed by atoms with van der Waals surface area (Å²) in [7, 11) is 0. The first-order valence-corrected chi connectivity index (χ1v) is 3.18. The van der Waals surface area contributed by atoms with Crippen molar-refractivity contribution in [1.29, 1.82) is 0 Å². The maximum atomic E-state index is 10.3. The van der Waals surface area contributed by atoms with E-state index >= 15 is 0 Å². The molecule has 0 amide bonds. The summed E-state index contributed by atoms with van der Waals surface area (Å²) < 4.78 is 0. The molecule has 1 unspecified atom stereocenters. The lowest BCUT2D eigenvalue weighted by Gasteiger charge is -1.99. The predicted molar refractivity (Wildman–Crippen MR) is 33.0 cm³/mol. The van der Waals surface area contributed by atoms with Crippen LogP contribution in [0.4, 0.5) is 0 Å². The molecule has 3 N–H and O–H groups in total. The van der Waals surface area contributed by atoms with Crippen LogP contribution in [0.2, 0.25) is 0 Å². The fraction of sp³-hybridized carbons (Fsp3) is 0.833. The van der Waals surface area contributed by atoms with Crippen molar-refractivity contribution in [1.82, 2.24) is 0 Å². The average molecular weight is 129 g/mol. The van der Waals surface area contributed by atoms with Gasteiger partial charge in [0.15, 0.2) is 0 Å². The summed E-state index contributed by atoms with van der Waals surface area (Å²) in [5, 5.41) is 8.48. The van der Waals surface area contributed by atoms with E-state index in [1.54, 1.807) is 0 Å². The quantitative estimate of drug-likeness (QED) is 0.531. The first-order chi connectivity index (χ1) is 4.20. The standard InChI is InChI=1S/C6H11NO2/c7-5-2-1-4(3-5)6(8)9/h4-5H,1-3,7H2,(H,8,9)/t4?,5-/m1/s1. The van der Waals surface area contributed by atoms with Crippen LogP contribution in [0, 0.1) is 5.92 Å². The number of hydrogen-bond acceptors (Lipinski definition) is 2. The Kier molecular flexibility index (Phi) is 1.71. The molecule has 52 valence electrons. The lowest BCUT2D eigenvalue weighted by Crippen LogP contribution is -2.17. The molecule has 0 bridgehead atoms. The zero-order valence-electron chi connectivity index (χ0n) is 5.21. The second-order valence-corrected chi connectivity index (χ2v) is 2.61. The number of nitrogens with two attached hydrogens (primary N) is 1. The van der Waals surface area contributed by atoms with Crippen molar-refractivity contribution >= 4 is 5.97 Å². The van der Waals surface area contributed by atoms with Crippen LogP contribution >= 0.6 is 0 Å². The molecule has 1 aliphatic carbocycles. The van der Waals surface area contributed by atoms with Crippen LogP contribution in [-0.2, 0) is 4.79 Å². The molecule has 0 radical (unpaired) electrons. The van der Waals surface area contributed by atoms with Gasteiger partial charge in [-0.25, -0.2) is 0 Å². The number of carboxylic acids is 1. The van der Waals surface area contributed by atoms with Crippen LogP contribution in [-0.4, -0.2) is 17.1 Å². The van der Waals surface area contributed by atoms with Gasteiger partial charge >= 0.3 is 5.97 Å². The van der Waals surface area contributed by atoms with E-state index in [0.717, 1.165) is 12.8 Å². The van der Waals surface area contributed by atoms with Crippen molar-refractivity contribution < 1.29 is 9.90 Å². The van der Waals surface area contributed by atoms with Gasteiger partial charge in [0.25, 0.3) is 0 Å². The van der Waals surface area contributed by atoms with E-state index in [1.165, 1.54) is 0 Å². The van der Waals surface area contributed by atoms with Crippen molar-refractivity contribution in [2.75, 3.05) is 0 Å². The monoisotopic (exact) mass is 129 g/mol. The van der Waals surface area contributed by atoms with Crippen LogP contribution in [0.5, 0.6) is 0 Å². The van der Waals surface area contributed by atoms with Crippen LogP contribution < -0.4 is 5.73 Å². The fourth-order valence-electron chi connectivity index (χ4n) is 1.24. The van der Waals surface area contributed by atoms with Gasteiger partial charge in [0.05, 0.1) is 5.92 Å². The third kappa shape index (κ3) is 1.42. The lowest BCUT2D eigenvalue weighted by molar-refractivity contribution is -0.141. The number of carbonyl (C=O) groups is 1. The van der Waals surface area contributed by atoms with E-state index in [4.69, 9.17) is 10.8 Å². The van der Waals surface area contributed by atoms with E-state index in [-0.39, 0.29) is 12.0 Å². The summed E-state index contributed by atoms with van der Waals surface area (Å²) in [5.74, 6) is -0.858. The van der Waals surface area contributed by atoms with Crippen molar-refractivity contribution in [3.63, 3.8) is 0 Å². The van der Waals surface area contributed by atoms with Crippen molar-refractivity contribution in [3.05, 3.63) is 0 Å². The molecule has 0 aliphatic heterocycles. The summed E-state index contributed by atoms with van der Waals surface area (Å²) in [4.78, 5) is 10.3. The normalized spacial score (nSPS) is 34.8. The summed E-state index contributed by atoms with van der Waals surface area (Å²) in [6.07, 6.45) is 2.29. The molecular weight excluding hydrogens is 118 g/mol. The van der Waals surface area contributed by atoms with Crippen LogP contribution in [0.15, 0.2) is 0 Å². The SMILES string of the molecule is N[C@@H]1CCC(C(=O)O)C1. The zero-order chi connectivity index (χ0) is 6.85. The van der Waals surface area contributed by atoms with Gasteiger partial charge in [-0.1, -0.05) is 0 Å². The summed E-state index contributed by atoms with van der Waals surface area (Å²) >= 11 is 0. The molecule has 3 nitrogen and oxygen atoms in total. The van der Waals surface area contributed by atoms with Gasteiger partial charge < -0.3 is 10.8 Å². The van der Waals surface area contributed by atoms with Gasteiger partial charge in [0.2, 0.25) is 0 Å². The number of rotatable bonds is 1. The molecule has 1 saturated carbocycles. The molecular formula is C6H11NO2. The van der Waals surface area contributed by atoms with Crippen LogP contribution in [0.1, 0.15) is 19.3 Å². The number of hydrogen-bond donors (Lipinski definition) is 2. The van der Waals surface area contributed by atoms with Gasteiger partial charge in [0.1, 0.15) is 0 Å². The molecule has 0 aromatic rings. The van der Waals surface area contributed by atoms with Crippen molar-refractivity contribution in [3.8, 4) is 0 Å². The molecule has 0 aromatic carbocycles. The Bertz CT molecular complexity index is 124. The van der Waals surface area contributed by atoms with Gasteiger partial charge in [-0.05, 0) is 19.3 Å². The fourth-order valence-corrected chi connectivity index (χ4v) is 1.24. The Morgan fingerprint density at radius 1 is 1.56 bits per heavy atom. The third-order valence-corrected chi connectivity index (χ3v) is 1.82. The van der Waals surface area contributed by atoms with Crippen LogP contribution in [0.25, 0.3) is 0 Å². The molecule has 1 rings (SSSR count). The topological polar surface area (TPSA) is 63.3 Å². The summed E-state index contributed by atoms with van der Waals surface area (Å²) in [6.45, 7) is 0. The number of carboxylic acid groups (broad SMARTS) is 1. The Morgan fingerprint density at radius 2 is 2.22 bits per heavy atom. The first-order valence-electron chi connectivity index (χ1n) is 3.18. The smallest absolute Gasteiger partial charge is 0.306 e. The molecule has 1 fully saturated rings. The molecule has 3 heteroatoms. The van der Waals surface area contributed by atoms with Gasteiger partial charge in [-0.3, -0.25) is 4.79 Å².